The smallest absolute Gasteiger partial charge is 0.374 e. The first kappa shape index (κ1) is 57.7. The molecule has 0 fully saturated rings. The van der Waals surface area contributed by atoms with Gasteiger partial charge in [0.05, 0.1) is 0 Å². The summed E-state index contributed by atoms with van der Waals surface area (Å²) in [5.41, 5.74) is 0. The summed E-state index contributed by atoms with van der Waals surface area (Å²) in [5, 5.41) is 3.89. The summed E-state index contributed by atoms with van der Waals surface area (Å²) in [6, 6.07) is 2.12. The van der Waals surface area contributed by atoms with E-state index in [0.717, 1.165) is 56.4 Å². The van der Waals surface area contributed by atoms with Crippen LogP contribution in [0.4, 0.5) is 0 Å². The van der Waals surface area contributed by atoms with Crippen LogP contribution in [-0.2, 0) is 39.8 Å². The third kappa shape index (κ3) is 19.4. The number of rotatable bonds is 34. The highest BCUT2D eigenvalue weighted by Crippen LogP contribution is 2.31. The lowest BCUT2D eigenvalue weighted by Gasteiger charge is -2.47. The van der Waals surface area contributed by atoms with Crippen LogP contribution in [0.2, 0.25) is 77.1 Å². The standard InChI is InChI=1S/C39H92N6O9Si6/c1-19-46-58(47-20-2,48-21-3)34-28-31-39(43-55(10,11)12)41-37(44(56(13,14)15)32-29-35-59(49-22-4,50-23-5)51-24-6)40-38(42-39)45(57(16,17)18)33-30-36-60(52-25-7,53-26-8)54-27-9/h43H,19-36H2,1-18H3,(H,40,41,42). The zero-order valence-corrected chi connectivity index (χ0v) is 47.7. The number of nitrogens with zero attached hydrogens (tertiary/aromatic N) is 4. The molecule has 0 aromatic carbocycles. The Hall–Kier alpha value is -0.359. The Morgan fingerprint density at radius 2 is 0.717 bits per heavy atom. The van der Waals surface area contributed by atoms with Crippen LogP contribution in [0.1, 0.15) is 88.0 Å². The average Bonchev–Trinajstić information content (AvgIpc) is 3.11. The summed E-state index contributed by atoms with van der Waals surface area (Å²) < 4.78 is 61.8. The summed E-state index contributed by atoms with van der Waals surface area (Å²) >= 11 is 0. The Bertz CT molecular complexity index is 1140. The van der Waals surface area contributed by atoms with Crippen molar-refractivity contribution in [1.82, 2.24) is 19.4 Å². The Morgan fingerprint density at radius 1 is 0.450 bits per heavy atom. The van der Waals surface area contributed by atoms with Crippen molar-refractivity contribution in [3.05, 3.63) is 0 Å². The van der Waals surface area contributed by atoms with Gasteiger partial charge in [0, 0.05) is 97.1 Å². The number of aliphatic imine (C=N–C) groups is 2. The first-order valence-electron chi connectivity index (χ1n) is 23.1. The molecule has 0 spiro atoms. The lowest BCUT2D eigenvalue weighted by molar-refractivity contribution is 0.0693. The van der Waals surface area contributed by atoms with Crippen LogP contribution in [0.15, 0.2) is 9.98 Å². The molecule has 0 aromatic rings. The lowest BCUT2D eigenvalue weighted by Crippen LogP contribution is -2.67. The zero-order chi connectivity index (χ0) is 45.7. The molecule has 1 heterocycles. The van der Waals surface area contributed by atoms with Crippen LogP contribution in [0.25, 0.3) is 0 Å². The predicted molar refractivity (Wildman–Crippen MR) is 262 cm³/mol. The van der Waals surface area contributed by atoms with Gasteiger partial charge in [0.25, 0.3) is 0 Å². The number of hydrogen-bond donors (Lipinski definition) is 2. The van der Waals surface area contributed by atoms with Gasteiger partial charge in [-0.1, -0.05) is 58.9 Å². The average molecular weight is 958 g/mol. The second-order valence-corrected chi connectivity index (χ2v) is 40.5. The Balaban J connectivity index is 4.00. The van der Waals surface area contributed by atoms with Gasteiger partial charge < -0.3 is 49.0 Å². The maximum Gasteiger partial charge on any atom is 0.500 e. The topological polar surface area (TPSA) is 138 Å². The predicted octanol–water partition coefficient (Wildman–Crippen LogP) is 8.36. The summed E-state index contributed by atoms with van der Waals surface area (Å²) in [5.74, 6) is 0.783. The third-order valence-electron chi connectivity index (χ3n) is 9.53. The molecule has 0 aromatic heterocycles. The molecule has 2 N–H and O–H groups in total. The zero-order valence-electron chi connectivity index (χ0n) is 41.7. The fourth-order valence-electron chi connectivity index (χ4n) is 7.60. The van der Waals surface area contributed by atoms with E-state index >= 15 is 0 Å². The number of nitrogens with one attached hydrogen (secondary N) is 2. The van der Waals surface area contributed by atoms with Gasteiger partial charge in [-0.15, -0.1) is 0 Å². The minimum Gasteiger partial charge on any atom is -0.374 e. The molecular weight excluding hydrogens is 865 g/mol. The van der Waals surface area contributed by atoms with Crippen LogP contribution >= 0.6 is 0 Å². The molecule has 0 saturated heterocycles. The summed E-state index contributed by atoms with van der Waals surface area (Å²) in [6.45, 7) is 45.9. The van der Waals surface area contributed by atoms with E-state index in [2.05, 4.69) is 78.4 Å². The molecule has 356 valence electrons. The fourth-order valence-corrected chi connectivity index (χ4v) is 20.0. The normalized spacial score (nSPS) is 15.5. The van der Waals surface area contributed by atoms with Crippen LogP contribution in [-0.4, -0.2) is 151 Å². The molecule has 1 aliphatic heterocycles. The molecule has 21 heteroatoms. The third-order valence-corrected chi connectivity index (χ3v) is 24.2. The minimum atomic E-state index is -2.92. The molecule has 15 nitrogen and oxygen atoms in total. The van der Waals surface area contributed by atoms with E-state index in [1.54, 1.807) is 0 Å². The molecule has 0 bridgehead atoms. The van der Waals surface area contributed by atoms with Crippen LogP contribution in [0.5, 0.6) is 0 Å². The van der Waals surface area contributed by atoms with Gasteiger partial charge >= 0.3 is 26.4 Å². The Morgan fingerprint density at radius 3 is 0.950 bits per heavy atom. The number of hydrogen-bond acceptors (Lipinski definition) is 15. The molecule has 60 heavy (non-hydrogen) atoms. The second-order valence-electron chi connectivity index (χ2n) is 17.8. The van der Waals surface area contributed by atoms with Crippen LogP contribution < -0.4 is 10.3 Å². The van der Waals surface area contributed by atoms with Crippen LogP contribution in [0.3, 0.4) is 0 Å². The van der Waals surface area contributed by atoms with E-state index < -0.39 is 56.9 Å². The molecule has 0 aliphatic carbocycles. The van der Waals surface area contributed by atoms with Crippen molar-refractivity contribution in [3.8, 4) is 0 Å². The Kier molecular flexibility index (Phi) is 26.1. The van der Waals surface area contributed by atoms with Crippen LogP contribution in [0, 0.1) is 0 Å². The maximum atomic E-state index is 6.33. The van der Waals surface area contributed by atoms with E-state index in [4.69, 9.17) is 49.8 Å². The highest BCUT2D eigenvalue weighted by molar-refractivity contribution is 6.77. The lowest BCUT2D eigenvalue weighted by atomic mass is 10.2. The highest BCUT2D eigenvalue weighted by Gasteiger charge is 2.47. The van der Waals surface area contributed by atoms with Gasteiger partial charge in [-0.2, -0.15) is 0 Å². The summed E-state index contributed by atoms with van der Waals surface area (Å²) in [4.78, 5) is 15.5. The molecule has 1 aliphatic rings. The first-order chi connectivity index (χ1) is 28.1. The van der Waals surface area contributed by atoms with E-state index in [0.29, 0.717) is 71.9 Å². The monoisotopic (exact) mass is 957 g/mol. The molecule has 0 saturated carbocycles. The molecule has 0 unspecified atom stereocenters. The first-order valence-corrected chi connectivity index (χ1v) is 39.3. The SMILES string of the molecule is CCO[Si](CCCN(C1=NC(CCC[Si](OCC)(OCC)OCC)(N[Si](C)(C)C)N=C(N(CCC[Si](OCC)(OCC)OCC)[Si](C)(C)C)N1)[Si](C)(C)C)(OCC)OCC. The molecular formula is C39H92N6O9Si6. The van der Waals surface area contributed by atoms with Crippen molar-refractivity contribution >= 4 is 63.0 Å². The van der Waals surface area contributed by atoms with Crippen molar-refractivity contribution in [2.45, 2.75) is 171 Å². The van der Waals surface area contributed by atoms with Gasteiger partial charge in [-0.05, 0) is 81.6 Å². The quantitative estimate of drug-likeness (QED) is 0.0599. The van der Waals surface area contributed by atoms with E-state index in [1.807, 2.05) is 62.3 Å². The molecule has 1 rings (SSSR count). The largest absolute Gasteiger partial charge is 0.500 e. The van der Waals surface area contributed by atoms with E-state index in [1.165, 1.54) is 0 Å². The van der Waals surface area contributed by atoms with E-state index in [9.17, 15) is 0 Å². The van der Waals surface area contributed by atoms with Gasteiger partial charge in [-0.25, -0.2) is 9.98 Å². The summed E-state index contributed by atoms with van der Waals surface area (Å²) in [6.07, 6.45) is 3.07. The van der Waals surface area contributed by atoms with Gasteiger partial charge in [0.1, 0.15) is 8.24 Å². The molecule has 0 amide bonds. The second kappa shape index (κ2) is 27.2. The summed E-state index contributed by atoms with van der Waals surface area (Å²) in [7, 11) is -14.8. The van der Waals surface area contributed by atoms with Crippen molar-refractivity contribution in [2.24, 2.45) is 9.98 Å². The van der Waals surface area contributed by atoms with E-state index in [-0.39, 0.29) is 0 Å². The van der Waals surface area contributed by atoms with Crippen molar-refractivity contribution in [3.63, 3.8) is 0 Å². The fraction of sp³-hybridized carbons (Fsp3) is 0.949. The molecule has 0 atom stereocenters. The van der Waals surface area contributed by atoms with Crippen molar-refractivity contribution in [1.29, 1.82) is 0 Å². The minimum absolute atomic E-state index is 0.537. The van der Waals surface area contributed by atoms with Gasteiger partial charge in [-0.3, -0.25) is 10.3 Å². The van der Waals surface area contributed by atoms with Gasteiger partial charge in [0.15, 0.2) is 28.4 Å². The van der Waals surface area contributed by atoms with Crippen molar-refractivity contribution < 1.29 is 39.8 Å². The number of guanidine groups is 2. The van der Waals surface area contributed by atoms with Gasteiger partial charge in [0.2, 0.25) is 5.79 Å². The van der Waals surface area contributed by atoms with Crippen molar-refractivity contribution in [2.75, 3.05) is 72.6 Å². The Labute approximate surface area is 374 Å². The highest BCUT2D eigenvalue weighted by atomic mass is 28.4. The molecule has 0 radical (unpaired) electrons. The maximum absolute atomic E-state index is 6.33.